The molecule has 178 valence electrons. The number of nitrogens with one attached hydrogen (secondary N) is 1. The lowest BCUT2D eigenvalue weighted by molar-refractivity contribution is -0.122. The van der Waals surface area contributed by atoms with E-state index in [1.54, 1.807) is 6.08 Å². The third-order valence-electron chi connectivity index (χ3n) is 6.96. The number of hydrogen-bond donors (Lipinski definition) is 1. The molecule has 2 amide bonds. The molecule has 2 heterocycles. The van der Waals surface area contributed by atoms with Crippen LogP contribution in [0.15, 0.2) is 35.9 Å². The van der Waals surface area contributed by atoms with Crippen LogP contribution in [0.25, 0.3) is 6.08 Å². The first-order valence-corrected chi connectivity index (χ1v) is 12.3. The van der Waals surface area contributed by atoms with Crippen molar-refractivity contribution in [2.75, 3.05) is 16.3 Å². The molecular formula is C28H33N3O2S. The van der Waals surface area contributed by atoms with Crippen LogP contribution in [-0.4, -0.2) is 29.0 Å². The van der Waals surface area contributed by atoms with Crippen molar-refractivity contribution in [3.63, 3.8) is 0 Å². The highest BCUT2D eigenvalue weighted by molar-refractivity contribution is 7.80. The molecule has 2 aromatic carbocycles. The van der Waals surface area contributed by atoms with Gasteiger partial charge in [-0.1, -0.05) is 13.0 Å². The lowest BCUT2D eigenvalue weighted by atomic mass is 9.79. The first kappa shape index (κ1) is 24.1. The lowest BCUT2D eigenvalue weighted by Crippen LogP contribution is -2.54. The maximum Gasteiger partial charge on any atom is 0.270 e. The summed E-state index contributed by atoms with van der Waals surface area (Å²) in [6.45, 7) is 15.9. The second kappa shape index (κ2) is 8.66. The number of hydrogen-bond acceptors (Lipinski definition) is 4. The van der Waals surface area contributed by atoms with Crippen molar-refractivity contribution in [1.82, 2.24) is 5.32 Å². The molecule has 0 aromatic heterocycles. The van der Waals surface area contributed by atoms with E-state index in [1.165, 1.54) is 16.2 Å². The molecule has 0 radical (unpaired) electrons. The summed E-state index contributed by atoms with van der Waals surface area (Å²) in [5.41, 5.74) is 7.28. The second-order valence-electron chi connectivity index (χ2n) is 10.2. The third-order valence-corrected chi connectivity index (χ3v) is 7.24. The number of rotatable bonds is 3. The van der Waals surface area contributed by atoms with Crippen molar-refractivity contribution in [3.8, 4) is 0 Å². The van der Waals surface area contributed by atoms with Gasteiger partial charge < -0.3 is 4.90 Å². The Labute approximate surface area is 207 Å². The monoisotopic (exact) mass is 475 g/mol. The van der Waals surface area contributed by atoms with E-state index in [-0.39, 0.29) is 16.2 Å². The fourth-order valence-corrected chi connectivity index (χ4v) is 5.81. The number of aryl methyl sites for hydroxylation is 3. The van der Waals surface area contributed by atoms with Gasteiger partial charge in [0.2, 0.25) is 0 Å². The van der Waals surface area contributed by atoms with Crippen molar-refractivity contribution >= 4 is 46.6 Å². The average Bonchev–Trinajstić information content (AvgIpc) is 2.70. The average molecular weight is 476 g/mol. The highest BCUT2D eigenvalue weighted by Crippen LogP contribution is 2.44. The van der Waals surface area contributed by atoms with Gasteiger partial charge in [-0.2, -0.15) is 0 Å². The van der Waals surface area contributed by atoms with E-state index < -0.39 is 11.8 Å². The van der Waals surface area contributed by atoms with Crippen molar-refractivity contribution in [2.24, 2.45) is 0 Å². The van der Waals surface area contributed by atoms with Crippen molar-refractivity contribution in [2.45, 2.75) is 66.3 Å². The Morgan fingerprint density at radius 1 is 1.09 bits per heavy atom. The summed E-state index contributed by atoms with van der Waals surface area (Å²) in [4.78, 5) is 30.2. The molecule has 0 aliphatic carbocycles. The molecule has 1 atom stereocenters. The lowest BCUT2D eigenvalue weighted by Gasteiger charge is -2.47. The van der Waals surface area contributed by atoms with Gasteiger partial charge in [0.25, 0.3) is 11.8 Å². The van der Waals surface area contributed by atoms with Crippen molar-refractivity contribution < 1.29 is 9.59 Å². The summed E-state index contributed by atoms with van der Waals surface area (Å²) >= 11 is 5.38. The highest BCUT2D eigenvalue weighted by Gasteiger charge is 2.37. The molecule has 2 aliphatic rings. The Kier molecular flexibility index (Phi) is 6.15. The van der Waals surface area contributed by atoms with Crippen LogP contribution in [0.1, 0.15) is 67.9 Å². The van der Waals surface area contributed by atoms with Gasteiger partial charge in [-0.3, -0.25) is 19.8 Å². The van der Waals surface area contributed by atoms with Gasteiger partial charge in [0.05, 0.1) is 5.69 Å². The molecule has 2 aliphatic heterocycles. The molecule has 5 nitrogen and oxygen atoms in total. The topological polar surface area (TPSA) is 52.7 Å². The first-order valence-electron chi connectivity index (χ1n) is 11.8. The fraction of sp³-hybridized carbons (Fsp3) is 0.393. The summed E-state index contributed by atoms with van der Waals surface area (Å²) in [6.07, 6.45) is 2.76. The number of anilines is 2. The van der Waals surface area contributed by atoms with E-state index in [1.807, 2.05) is 39.0 Å². The van der Waals surface area contributed by atoms with Crippen LogP contribution in [0, 0.1) is 20.8 Å². The molecule has 4 rings (SSSR count). The van der Waals surface area contributed by atoms with E-state index in [4.69, 9.17) is 12.2 Å². The minimum atomic E-state index is -0.461. The summed E-state index contributed by atoms with van der Waals surface area (Å²) in [5, 5.41) is 2.81. The predicted octanol–water partition coefficient (Wildman–Crippen LogP) is 5.56. The summed E-state index contributed by atoms with van der Waals surface area (Å²) in [7, 11) is 0. The summed E-state index contributed by atoms with van der Waals surface area (Å²) in [6, 6.07) is 10.2. The molecule has 0 bridgehead atoms. The third kappa shape index (κ3) is 4.16. The van der Waals surface area contributed by atoms with Crippen LogP contribution in [0.2, 0.25) is 0 Å². The molecule has 0 saturated carbocycles. The van der Waals surface area contributed by atoms with Crippen LogP contribution < -0.4 is 15.1 Å². The molecular weight excluding hydrogens is 442 g/mol. The first-order chi connectivity index (χ1) is 15.9. The molecule has 1 N–H and O–H groups in total. The molecule has 34 heavy (non-hydrogen) atoms. The zero-order valence-corrected chi connectivity index (χ0v) is 21.9. The number of thiocarbonyl (C=S) groups is 1. The standard InChI is InChI=1S/C28H33N3O2S/c1-8-30-24-12-18(4)20(13-22(24)19(5)15-28(30,6)7)14-23-25(32)29-27(34)31(26(23)33)21-10-16(2)9-17(3)11-21/h9-14,19H,8,15H2,1-7H3,(H,29,32,34)/b23-14+/t19-/m0/s1. The molecule has 1 fully saturated rings. The Balaban J connectivity index is 1.79. The molecule has 0 spiro atoms. The number of amides is 2. The largest absolute Gasteiger partial charge is 0.366 e. The number of carbonyl (C=O) groups is 2. The van der Waals surface area contributed by atoms with Crippen LogP contribution in [0.3, 0.4) is 0 Å². The fourth-order valence-electron chi connectivity index (χ4n) is 5.53. The molecule has 1 saturated heterocycles. The molecule has 0 unspecified atom stereocenters. The minimum Gasteiger partial charge on any atom is -0.366 e. The van der Waals surface area contributed by atoms with Gasteiger partial charge in [0.15, 0.2) is 5.11 Å². The van der Waals surface area contributed by atoms with E-state index in [2.05, 4.69) is 50.0 Å². The van der Waals surface area contributed by atoms with Gasteiger partial charge >= 0.3 is 0 Å². The predicted molar refractivity (Wildman–Crippen MR) is 143 cm³/mol. The molecule has 6 heteroatoms. The zero-order valence-electron chi connectivity index (χ0n) is 21.1. The number of carbonyl (C=O) groups excluding carboxylic acids is 2. The van der Waals surface area contributed by atoms with Crippen molar-refractivity contribution in [1.29, 1.82) is 0 Å². The Bertz CT molecular complexity index is 1220. The highest BCUT2D eigenvalue weighted by atomic mass is 32.1. The van der Waals surface area contributed by atoms with E-state index in [0.29, 0.717) is 11.6 Å². The van der Waals surface area contributed by atoms with E-state index >= 15 is 0 Å². The van der Waals surface area contributed by atoms with Crippen LogP contribution >= 0.6 is 12.2 Å². The van der Waals surface area contributed by atoms with Crippen LogP contribution in [-0.2, 0) is 9.59 Å². The van der Waals surface area contributed by atoms with Crippen LogP contribution in [0.5, 0.6) is 0 Å². The second-order valence-corrected chi connectivity index (χ2v) is 10.6. The van der Waals surface area contributed by atoms with E-state index in [0.717, 1.165) is 35.2 Å². The maximum absolute atomic E-state index is 13.5. The maximum atomic E-state index is 13.5. The van der Waals surface area contributed by atoms with Gasteiger partial charge in [0.1, 0.15) is 5.57 Å². The van der Waals surface area contributed by atoms with Gasteiger partial charge in [-0.15, -0.1) is 0 Å². The van der Waals surface area contributed by atoms with E-state index in [9.17, 15) is 9.59 Å². The summed E-state index contributed by atoms with van der Waals surface area (Å²) in [5.74, 6) is -0.488. The Morgan fingerprint density at radius 3 is 2.35 bits per heavy atom. The minimum absolute atomic E-state index is 0.0783. The SMILES string of the molecule is CCN1c2cc(C)c(/C=C3\C(=O)NC(=S)N(c4cc(C)cc(C)c4)C3=O)cc2[C@@H](C)CC1(C)C. The zero-order chi connectivity index (χ0) is 24.9. The van der Waals surface area contributed by atoms with Crippen molar-refractivity contribution in [3.05, 3.63) is 63.7 Å². The number of fused-ring (bicyclic) bond motifs is 1. The van der Waals surface area contributed by atoms with Gasteiger partial charge in [0, 0.05) is 17.8 Å². The molecule has 2 aromatic rings. The van der Waals surface area contributed by atoms with Crippen LogP contribution in [0.4, 0.5) is 11.4 Å². The number of nitrogens with zero attached hydrogens (tertiary/aromatic N) is 2. The Hall–Kier alpha value is -2.99. The van der Waals surface area contributed by atoms with Gasteiger partial charge in [-0.05, 0) is 124 Å². The smallest absolute Gasteiger partial charge is 0.270 e. The quantitative estimate of drug-likeness (QED) is 0.359. The summed E-state index contributed by atoms with van der Waals surface area (Å²) < 4.78 is 0. The number of benzene rings is 2. The normalized spacial score (nSPS) is 21.1. The van der Waals surface area contributed by atoms with Gasteiger partial charge in [-0.25, -0.2) is 0 Å². The Morgan fingerprint density at radius 2 is 1.74 bits per heavy atom.